The second-order valence-electron chi connectivity index (χ2n) is 9.89. The SMILES string of the molecule is COc1ccc2nccc([C@@H](O)CC[C@@H]3CCN(CCCSc4cc(F)cc(F)c4)C[C@@H]3CC(=O)O)c2c1. The normalized spacial score (nSPS) is 18.9. The number of likely N-dealkylation sites (tertiary alicyclic amines) is 1. The maximum atomic E-state index is 13.4. The molecule has 2 heterocycles. The number of nitrogens with zero attached hydrogens (tertiary/aromatic N) is 2. The predicted molar refractivity (Wildman–Crippen MR) is 144 cm³/mol. The Kier molecular flexibility index (Phi) is 9.93. The van der Waals surface area contributed by atoms with E-state index in [1.54, 1.807) is 13.3 Å². The number of thioether (sulfide) groups is 1. The lowest BCUT2D eigenvalue weighted by Crippen LogP contribution is -2.42. The number of carbonyl (C=O) groups is 1. The molecule has 9 heteroatoms. The molecule has 0 spiro atoms. The van der Waals surface area contributed by atoms with Gasteiger partial charge in [-0.15, -0.1) is 11.8 Å². The molecular formula is C29H34F2N2O4S. The van der Waals surface area contributed by atoms with Crippen molar-refractivity contribution in [3.63, 3.8) is 0 Å². The van der Waals surface area contributed by atoms with Gasteiger partial charge in [-0.2, -0.15) is 0 Å². The van der Waals surface area contributed by atoms with E-state index in [0.717, 1.165) is 60.6 Å². The molecule has 0 aliphatic carbocycles. The van der Waals surface area contributed by atoms with Crippen LogP contribution in [0.4, 0.5) is 8.78 Å². The fourth-order valence-corrected chi connectivity index (χ4v) is 6.28. The van der Waals surface area contributed by atoms with Crippen molar-refractivity contribution >= 4 is 28.6 Å². The molecule has 6 nitrogen and oxygen atoms in total. The minimum atomic E-state index is -0.807. The first-order valence-corrected chi connectivity index (χ1v) is 13.9. The number of aliphatic hydroxyl groups excluding tert-OH is 1. The lowest BCUT2D eigenvalue weighted by atomic mass is 9.79. The van der Waals surface area contributed by atoms with Gasteiger partial charge in [-0.25, -0.2) is 8.78 Å². The first-order chi connectivity index (χ1) is 18.3. The predicted octanol–water partition coefficient (Wildman–Crippen LogP) is 5.93. The van der Waals surface area contributed by atoms with Crippen molar-refractivity contribution in [3.05, 3.63) is 65.9 Å². The molecule has 0 unspecified atom stereocenters. The van der Waals surface area contributed by atoms with Crippen molar-refractivity contribution in [2.45, 2.75) is 43.1 Å². The highest BCUT2D eigenvalue weighted by Crippen LogP contribution is 2.35. The minimum Gasteiger partial charge on any atom is -0.497 e. The Morgan fingerprint density at radius 2 is 1.97 bits per heavy atom. The highest BCUT2D eigenvalue weighted by atomic mass is 32.2. The molecule has 1 aliphatic heterocycles. The van der Waals surface area contributed by atoms with Gasteiger partial charge in [0.1, 0.15) is 17.4 Å². The number of methoxy groups -OCH3 is 1. The molecule has 0 bridgehead atoms. The first-order valence-electron chi connectivity index (χ1n) is 13.0. The highest BCUT2D eigenvalue weighted by Gasteiger charge is 2.31. The monoisotopic (exact) mass is 544 g/mol. The molecule has 0 saturated carbocycles. The van der Waals surface area contributed by atoms with Crippen molar-refractivity contribution < 1.29 is 28.5 Å². The molecule has 0 radical (unpaired) electrons. The molecule has 1 aromatic heterocycles. The smallest absolute Gasteiger partial charge is 0.303 e. The number of halogens is 2. The Morgan fingerprint density at radius 3 is 2.71 bits per heavy atom. The van der Waals surface area contributed by atoms with Crippen molar-refractivity contribution in [2.75, 3.05) is 32.5 Å². The van der Waals surface area contributed by atoms with Crippen LogP contribution in [-0.4, -0.2) is 58.6 Å². The summed E-state index contributed by atoms with van der Waals surface area (Å²) in [6.07, 6.45) is 4.11. The van der Waals surface area contributed by atoms with E-state index in [0.29, 0.717) is 23.6 Å². The van der Waals surface area contributed by atoms with Crippen LogP contribution < -0.4 is 4.74 Å². The summed E-state index contributed by atoms with van der Waals surface area (Å²) in [7, 11) is 1.60. The third-order valence-corrected chi connectivity index (χ3v) is 8.35. The minimum absolute atomic E-state index is 0.00713. The van der Waals surface area contributed by atoms with Crippen molar-refractivity contribution in [2.24, 2.45) is 11.8 Å². The van der Waals surface area contributed by atoms with Gasteiger partial charge in [0.25, 0.3) is 0 Å². The molecule has 204 valence electrons. The Morgan fingerprint density at radius 1 is 1.18 bits per heavy atom. The number of benzene rings is 2. The fourth-order valence-electron chi connectivity index (χ4n) is 5.38. The third kappa shape index (κ3) is 7.65. The standard InChI is InChI=1S/C29H34F2N2O4S/c1-37-23-4-5-27-26(17-23)25(7-9-32-27)28(34)6-3-19-8-11-33(18-20(19)13-29(35)36)10-2-12-38-24-15-21(30)14-22(31)16-24/h4-5,7,9,14-17,19-20,28,34H,2-3,6,8,10-13,18H2,1H3,(H,35,36)/t19-,20+,28+/m1/s1. The zero-order valence-corrected chi connectivity index (χ0v) is 22.3. The van der Waals surface area contributed by atoms with E-state index < -0.39 is 23.7 Å². The highest BCUT2D eigenvalue weighted by molar-refractivity contribution is 7.99. The summed E-state index contributed by atoms with van der Waals surface area (Å²) in [5.41, 5.74) is 1.59. The van der Waals surface area contributed by atoms with E-state index >= 15 is 0 Å². The zero-order valence-electron chi connectivity index (χ0n) is 21.5. The van der Waals surface area contributed by atoms with E-state index in [-0.39, 0.29) is 18.3 Å². The van der Waals surface area contributed by atoms with Crippen LogP contribution in [0, 0.1) is 23.5 Å². The number of hydrogen-bond donors (Lipinski definition) is 2. The van der Waals surface area contributed by atoms with E-state index in [9.17, 15) is 23.8 Å². The summed E-state index contributed by atoms with van der Waals surface area (Å²) in [5.74, 6) is -0.311. The average molecular weight is 545 g/mol. The number of pyridine rings is 1. The van der Waals surface area contributed by atoms with Crippen LogP contribution in [0.15, 0.2) is 53.6 Å². The molecular weight excluding hydrogens is 510 g/mol. The molecule has 2 aromatic carbocycles. The molecule has 3 aromatic rings. The van der Waals surface area contributed by atoms with Gasteiger partial charge in [-0.3, -0.25) is 9.78 Å². The maximum absolute atomic E-state index is 13.4. The van der Waals surface area contributed by atoms with E-state index in [2.05, 4.69) is 9.88 Å². The lowest BCUT2D eigenvalue weighted by Gasteiger charge is -2.38. The van der Waals surface area contributed by atoms with Crippen LogP contribution in [0.2, 0.25) is 0 Å². The number of piperidine rings is 1. The number of carboxylic acid groups (broad SMARTS) is 1. The summed E-state index contributed by atoms with van der Waals surface area (Å²) >= 11 is 1.42. The topological polar surface area (TPSA) is 82.9 Å². The number of aliphatic carboxylic acids is 1. The molecule has 0 amide bonds. The number of rotatable bonds is 12. The molecule has 1 saturated heterocycles. The Bertz CT molecular complexity index is 1220. The fraction of sp³-hybridized carbons (Fsp3) is 0.448. The van der Waals surface area contributed by atoms with Gasteiger partial charge in [0.05, 0.1) is 18.7 Å². The summed E-state index contributed by atoms with van der Waals surface area (Å²) in [6.45, 7) is 2.37. The molecule has 1 aliphatic rings. The quantitative estimate of drug-likeness (QED) is 0.216. The van der Waals surface area contributed by atoms with Crippen LogP contribution in [0.3, 0.4) is 0 Å². The van der Waals surface area contributed by atoms with Gasteiger partial charge in [0.15, 0.2) is 0 Å². The van der Waals surface area contributed by atoms with Crippen LogP contribution in [0.5, 0.6) is 5.75 Å². The second-order valence-corrected chi connectivity index (χ2v) is 11.1. The molecule has 38 heavy (non-hydrogen) atoms. The van der Waals surface area contributed by atoms with E-state index in [1.807, 2.05) is 24.3 Å². The van der Waals surface area contributed by atoms with Crippen LogP contribution in [0.1, 0.15) is 43.8 Å². The van der Waals surface area contributed by atoms with Gasteiger partial charge >= 0.3 is 5.97 Å². The first kappa shape index (κ1) is 28.3. The average Bonchev–Trinajstić information content (AvgIpc) is 2.89. The molecule has 3 atom stereocenters. The summed E-state index contributed by atoms with van der Waals surface area (Å²) in [5, 5.41) is 21.4. The Labute approximate surface area is 226 Å². The lowest BCUT2D eigenvalue weighted by molar-refractivity contribution is -0.139. The maximum Gasteiger partial charge on any atom is 0.303 e. The van der Waals surface area contributed by atoms with Crippen LogP contribution >= 0.6 is 11.8 Å². The van der Waals surface area contributed by atoms with Gasteiger partial charge < -0.3 is 19.8 Å². The van der Waals surface area contributed by atoms with Crippen LogP contribution in [-0.2, 0) is 4.79 Å². The largest absolute Gasteiger partial charge is 0.497 e. The van der Waals surface area contributed by atoms with Crippen molar-refractivity contribution in [1.82, 2.24) is 9.88 Å². The number of aromatic nitrogens is 1. The third-order valence-electron chi connectivity index (χ3n) is 7.29. The number of ether oxygens (including phenoxy) is 1. The summed E-state index contributed by atoms with van der Waals surface area (Å²) < 4.78 is 32.1. The van der Waals surface area contributed by atoms with Gasteiger partial charge in [0.2, 0.25) is 0 Å². The Hall–Kier alpha value is -2.75. The van der Waals surface area contributed by atoms with E-state index in [1.165, 1.54) is 23.9 Å². The number of aliphatic hydroxyl groups is 1. The second kappa shape index (κ2) is 13.4. The summed E-state index contributed by atoms with van der Waals surface area (Å²) in [4.78, 5) is 18.9. The Balaban J connectivity index is 1.31. The molecule has 2 N–H and O–H groups in total. The number of hydrogen-bond acceptors (Lipinski definition) is 6. The van der Waals surface area contributed by atoms with E-state index in [4.69, 9.17) is 4.74 Å². The number of carboxylic acids is 1. The van der Waals surface area contributed by atoms with Gasteiger partial charge in [-0.1, -0.05) is 0 Å². The van der Waals surface area contributed by atoms with Gasteiger partial charge in [0, 0.05) is 35.5 Å². The van der Waals surface area contributed by atoms with Gasteiger partial charge in [-0.05, 0) is 98.3 Å². The van der Waals surface area contributed by atoms with Crippen molar-refractivity contribution in [1.29, 1.82) is 0 Å². The number of fused-ring (bicyclic) bond motifs is 1. The molecule has 1 fully saturated rings. The zero-order chi connectivity index (χ0) is 27.1. The van der Waals surface area contributed by atoms with Crippen LogP contribution in [0.25, 0.3) is 10.9 Å². The summed E-state index contributed by atoms with van der Waals surface area (Å²) in [6, 6.07) is 11.0. The molecule has 4 rings (SSSR count). The van der Waals surface area contributed by atoms with Crippen molar-refractivity contribution in [3.8, 4) is 5.75 Å².